The number of carbonyl (C=O) groups excluding carboxylic acids is 1. The van der Waals surface area contributed by atoms with Gasteiger partial charge in [0, 0.05) is 0 Å². The average molecular weight is 169 g/mol. The predicted molar refractivity (Wildman–Crippen MR) is 46.5 cm³/mol. The zero-order valence-corrected chi connectivity index (χ0v) is 7.23. The number of hydrogen-bond acceptors (Lipinski definition) is 2. The van der Waals surface area contributed by atoms with Crippen molar-refractivity contribution in [2.75, 3.05) is 0 Å². The Balaban J connectivity index is 2.79. The van der Waals surface area contributed by atoms with Crippen molar-refractivity contribution in [2.24, 2.45) is 5.73 Å². The van der Waals surface area contributed by atoms with Crippen LogP contribution in [0.5, 0.6) is 0 Å². The van der Waals surface area contributed by atoms with Crippen molar-refractivity contribution in [1.82, 2.24) is 0 Å². The molecule has 2 N–H and O–H groups in total. The second-order valence-corrected chi connectivity index (χ2v) is 3.20. The summed E-state index contributed by atoms with van der Waals surface area (Å²) in [5, 5.41) is 3.93. The van der Waals surface area contributed by atoms with Gasteiger partial charge in [0.1, 0.15) is 0 Å². The van der Waals surface area contributed by atoms with E-state index < -0.39 is 0 Å². The maximum Gasteiger partial charge on any atom is 0.224 e. The summed E-state index contributed by atoms with van der Waals surface area (Å²) in [6, 6.07) is 1.95. The van der Waals surface area contributed by atoms with Crippen molar-refractivity contribution in [1.29, 1.82) is 0 Å². The van der Waals surface area contributed by atoms with Gasteiger partial charge in [0.15, 0.2) is 0 Å². The van der Waals surface area contributed by atoms with Gasteiger partial charge in [-0.05, 0) is 28.8 Å². The highest BCUT2D eigenvalue weighted by Gasteiger charge is 2.14. The minimum absolute atomic E-state index is 0.0961. The Hall–Kier alpha value is -0.830. The molecule has 1 aromatic heterocycles. The van der Waals surface area contributed by atoms with Crippen molar-refractivity contribution >= 4 is 17.2 Å². The summed E-state index contributed by atoms with van der Waals surface area (Å²) in [5.41, 5.74) is 6.25. The summed E-state index contributed by atoms with van der Waals surface area (Å²) in [7, 11) is 0. The minimum Gasteiger partial charge on any atom is -0.369 e. The molecule has 0 spiro atoms. The Morgan fingerprint density at radius 3 is 2.91 bits per heavy atom. The zero-order chi connectivity index (χ0) is 8.27. The van der Waals surface area contributed by atoms with Crippen molar-refractivity contribution in [3.63, 3.8) is 0 Å². The third-order valence-corrected chi connectivity index (χ3v) is 2.40. The van der Waals surface area contributed by atoms with E-state index in [-0.39, 0.29) is 11.8 Å². The summed E-state index contributed by atoms with van der Waals surface area (Å²) < 4.78 is 0. The summed E-state index contributed by atoms with van der Waals surface area (Å²) in [6.07, 6.45) is 0.784. The Kier molecular flexibility index (Phi) is 2.65. The third-order valence-electron chi connectivity index (χ3n) is 1.70. The van der Waals surface area contributed by atoms with Crippen LogP contribution in [0, 0.1) is 0 Å². The van der Waals surface area contributed by atoms with Gasteiger partial charge in [-0.1, -0.05) is 6.92 Å². The average Bonchev–Trinajstić information content (AvgIpc) is 2.40. The van der Waals surface area contributed by atoms with Gasteiger partial charge in [0.2, 0.25) is 5.91 Å². The highest BCUT2D eigenvalue weighted by molar-refractivity contribution is 7.08. The molecule has 0 aromatic carbocycles. The second-order valence-electron chi connectivity index (χ2n) is 2.42. The monoisotopic (exact) mass is 169 g/mol. The fourth-order valence-corrected chi connectivity index (χ4v) is 1.79. The van der Waals surface area contributed by atoms with E-state index >= 15 is 0 Å². The highest BCUT2D eigenvalue weighted by atomic mass is 32.1. The second kappa shape index (κ2) is 3.53. The molecule has 60 valence electrons. The van der Waals surface area contributed by atoms with Gasteiger partial charge >= 0.3 is 0 Å². The maximum atomic E-state index is 10.9. The molecular formula is C8H11NOS. The highest BCUT2D eigenvalue weighted by Crippen LogP contribution is 2.20. The summed E-state index contributed by atoms with van der Waals surface area (Å²) >= 11 is 1.59. The number of carbonyl (C=O) groups is 1. The van der Waals surface area contributed by atoms with Crippen LogP contribution in [0.3, 0.4) is 0 Å². The molecule has 0 aliphatic rings. The molecule has 0 aliphatic carbocycles. The quantitative estimate of drug-likeness (QED) is 0.735. The number of primary amides is 1. The zero-order valence-electron chi connectivity index (χ0n) is 6.41. The number of amides is 1. The third kappa shape index (κ3) is 1.80. The van der Waals surface area contributed by atoms with Crippen molar-refractivity contribution in [3.8, 4) is 0 Å². The molecule has 1 atom stereocenters. The number of hydrogen-bond donors (Lipinski definition) is 1. The first-order chi connectivity index (χ1) is 5.25. The first-order valence-electron chi connectivity index (χ1n) is 3.57. The van der Waals surface area contributed by atoms with Crippen LogP contribution in [-0.2, 0) is 4.79 Å². The van der Waals surface area contributed by atoms with E-state index in [1.54, 1.807) is 11.3 Å². The fourth-order valence-electron chi connectivity index (χ4n) is 1.07. The number of nitrogens with two attached hydrogens (primary N) is 1. The summed E-state index contributed by atoms with van der Waals surface area (Å²) in [6.45, 7) is 1.97. The van der Waals surface area contributed by atoms with Crippen LogP contribution in [0.4, 0.5) is 0 Å². The lowest BCUT2D eigenvalue weighted by molar-refractivity contribution is -0.119. The lowest BCUT2D eigenvalue weighted by Crippen LogP contribution is -2.20. The largest absolute Gasteiger partial charge is 0.369 e. The van der Waals surface area contributed by atoms with Gasteiger partial charge < -0.3 is 5.73 Å². The van der Waals surface area contributed by atoms with Gasteiger partial charge in [-0.15, -0.1) is 0 Å². The molecule has 0 fully saturated rings. The SMILES string of the molecule is CCC(C(N)=O)c1ccsc1. The van der Waals surface area contributed by atoms with Crippen LogP contribution in [0.1, 0.15) is 24.8 Å². The Labute approximate surface area is 70.0 Å². The van der Waals surface area contributed by atoms with E-state index in [0.717, 1.165) is 12.0 Å². The normalized spacial score (nSPS) is 12.8. The van der Waals surface area contributed by atoms with E-state index in [0.29, 0.717) is 0 Å². The van der Waals surface area contributed by atoms with Crippen molar-refractivity contribution in [3.05, 3.63) is 22.4 Å². The fraction of sp³-hybridized carbons (Fsp3) is 0.375. The molecule has 0 radical (unpaired) electrons. The minimum atomic E-state index is -0.231. The molecule has 0 saturated heterocycles. The van der Waals surface area contributed by atoms with Crippen molar-refractivity contribution in [2.45, 2.75) is 19.3 Å². The summed E-state index contributed by atoms with van der Waals surface area (Å²) in [4.78, 5) is 10.9. The molecule has 0 aliphatic heterocycles. The van der Waals surface area contributed by atoms with Crippen molar-refractivity contribution < 1.29 is 4.79 Å². The standard InChI is InChI=1S/C8H11NOS/c1-2-7(8(9)10)6-3-4-11-5-6/h3-5,7H,2H2,1H3,(H2,9,10). The Bertz CT molecular complexity index is 230. The smallest absolute Gasteiger partial charge is 0.224 e. The lowest BCUT2D eigenvalue weighted by atomic mass is 9.99. The first-order valence-corrected chi connectivity index (χ1v) is 4.51. The van der Waals surface area contributed by atoms with Crippen LogP contribution in [-0.4, -0.2) is 5.91 Å². The van der Waals surface area contributed by atoms with E-state index in [2.05, 4.69) is 0 Å². The molecule has 0 saturated carbocycles. The molecule has 11 heavy (non-hydrogen) atoms. The lowest BCUT2D eigenvalue weighted by Gasteiger charge is -2.06. The Morgan fingerprint density at radius 2 is 2.55 bits per heavy atom. The van der Waals surface area contributed by atoms with Gasteiger partial charge in [-0.3, -0.25) is 4.79 Å². The Morgan fingerprint density at radius 1 is 1.82 bits per heavy atom. The van der Waals surface area contributed by atoms with E-state index in [1.165, 1.54) is 0 Å². The van der Waals surface area contributed by atoms with Gasteiger partial charge in [-0.2, -0.15) is 11.3 Å². The van der Waals surface area contributed by atoms with Gasteiger partial charge in [0.25, 0.3) is 0 Å². The topological polar surface area (TPSA) is 43.1 Å². The molecule has 3 heteroatoms. The van der Waals surface area contributed by atoms with Crippen LogP contribution in [0.2, 0.25) is 0 Å². The predicted octanol–water partition coefficient (Wildman–Crippen LogP) is 1.73. The van der Waals surface area contributed by atoms with Gasteiger partial charge in [-0.25, -0.2) is 0 Å². The van der Waals surface area contributed by atoms with Gasteiger partial charge in [0.05, 0.1) is 5.92 Å². The molecule has 1 heterocycles. The molecular weight excluding hydrogens is 158 g/mol. The van der Waals surface area contributed by atoms with E-state index in [1.807, 2.05) is 23.8 Å². The molecule has 1 rings (SSSR count). The first kappa shape index (κ1) is 8.27. The summed E-state index contributed by atoms with van der Waals surface area (Å²) in [5.74, 6) is -0.327. The number of thiophene rings is 1. The van der Waals surface area contributed by atoms with Crippen LogP contribution in [0.15, 0.2) is 16.8 Å². The molecule has 2 nitrogen and oxygen atoms in total. The molecule has 1 amide bonds. The molecule has 0 bridgehead atoms. The van der Waals surface area contributed by atoms with Crippen LogP contribution >= 0.6 is 11.3 Å². The van der Waals surface area contributed by atoms with Crippen LogP contribution < -0.4 is 5.73 Å². The molecule has 1 unspecified atom stereocenters. The van der Waals surface area contributed by atoms with Crippen LogP contribution in [0.25, 0.3) is 0 Å². The maximum absolute atomic E-state index is 10.9. The number of rotatable bonds is 3. The van der Waals surface area contributed by atoms with E-state index in [9.17, 15) is 4.79 Å². The van der Waals surface area contributed by atoms with E-state index in [4.69, 9.17) is 5.73 Å². The molecule has 1 aromatic rings.